The molecule has 1 aliphatic rings. The minimum atomic E-state index is -0.349. The van der Waals surface area contributed by atoms with Crippen LogP contribution in [-0.4, -0.2) is 30.6 Å². The molecule has 1 heterocycles. The van der Waals surface area contributed by atoms with E-state index in [-0.39, 0.29) is 12.0 Å². The van der Waals surface area contributed by atoms with Gasteiger partial charge >= 0.3 is 0 Å². The van der Waals surface area contributed by atoms with E-state index in [1.165, 1.54) is 6.07 Å². The minimum Gasteiger partial charge on any atom is -0.370 e. The fourth-order valence-electron chi connectivity index (χ4n) is 3.59. The predicted molar refractivity (Wildman–Crippen MR) is 131 cm³/mol. The molecule has 7 heteroatoms. The number of thiocarbonyl (C=S) groups is 1. The zero-order valence-electron chi connectivity index (χ0n) is 17.2. The summed E-state index contributed by atoms with van der Waals surface area (Å²) in [7, 11) is 2.00. The summed E-state index contributed by atoms with van der Waals surface area (Å²) in [6.07, 6.45) is -0.347. The van der Waals surface area contributed by atoms with Crippen LogP contribution in [0.1, 0.15) is 16.7 Å². The number of fused-ring (bicyclic) bond motifs is 1. The molecular formula is C24H22ClFN4S. The van der Waals surface area contributed by atoms with Crippen molar-refractivity contribution in [1.82, 2.24) is 5.32 Å². The fraction of sp³-hybridized carbons (Fsp3) is 0.167. The van der Waals surface area contributed by atoms with E-state index < -0.39 is 0 Å². The van der Waals surface area contributed by atoms with Gasteiger partial charge in [-0.2, -0.15) is 0 Å². The van der Waals surface area contributed by atoms with Crippen LogP contribution < -0.4 is 15.5 Å². The first kappa shape index (κ1) is 21.3. The van der Waals surface area contributed by atoms with Gasteiger partial charge in [0.1, 0.15) is 12.0 Å². The molecule has 0 bridgehead atoms. The zero-order chi connectivity index (χ0) is 22.0. The lowest BCUT2D eigenvalue weighted by atomic mass is 10.0. The molecule has 3 aromatic carbocycles. The van der Waals surface area contributed by atoms with Crippen molar-refractivity contribution in [2.45, 2.75) is 13.1 Å². The number of nitrogens with one attached hydrogen (secondary N) is 2. The van der Waals surface area contributed by atoms with Gasteiger partial charge in [0, 0.05) is 28.9 Å². The van der Waals surface area contributed by atoms with Crippen molar-refractivity contribution in [3.63, 3.8) is 0 Å². The molecule has 4 rings (SSSR count). The lowest BCUT2D eigenvalue weighted by molar-refractivity contribution is 0.626. The highest BCUT2D eigenvalue weighted by Crippen LogP contribution is 2.29. The van der Waals surface area contributed by atoms with Crippen LogP contribution in [0.25, 0.3) is 0 Å². The number of benzodiazepines with no additional fused rings is 1. The molecule has 0 amide bonds. The summed E-state index contributed by atoms with van der Waals surface area (Å²) in [4.78, 5) is 7.09. The predicted octanol–water partition coefficient (Wildman–Crippen LogP) is 5.39. The number of likely N-dealkylation sites (N-methyl/N-ethyl adjacent to an activating group) is 1. The molecule has 0 fully saturated rings. The number of nitrogens with zero attached hydrogens (tertiary/aromatic N) is 2. The van der Waals surface area contributed by atoms with E-state index in [1.807, 2.05) is 68.6 Å². The van der Waals surface area contributed by atoms with Gasteiger partial charge in [0.05, 0.1) is 17.9 Å². The third kappa shape index (κ3) is 4.86. The molecule has 158 valence electrons. The summed E-state index contributed by atoms with van der Waals surface area (Å²) in [5.74, 6) is -0.349. The smallest absolute Gasteiger partial charge is 0.172 e. The van der Waals surface area contributed by atoms with Gasteiger partial charge in [-0.25, -0.2) is 4.39 Å². The van der Waals surface area contributed by atoms with Crippen LogP contribution in [0.5, 0.6) is 0 Å². The molecular weight excluding hydrogens is 431 g/mol. The Labute approximate surface area is 191 Å². The molecule has 0 saturated heterocycles. The van der Waals surface area contributed by atoms with Crippen LogP contribution in [0, 0.1) is 12.7 Å². The quantitative estimate of drug-likeness (QED) is 0.523. The number of aliphatic imine (C=N–C) groups is 1. The molecule has 1 unspecified atom stereocenters. The average molecular weight is 453 g/mol. The maximum Gasteiger partial charge on any atom is 0.172 e. The van der Waals surface area contributed by atoms with E-state index in [4.69, 9.17) is 28.8 Å². The van der Waals surface area contributed by atoms with Crippen molar-refractivity contribution in [1.29, 1.82) is 0 Å². The minimum absolute atomic E-state index is 0.307. The molecule has 3 aromatic rings. The van der Waals surface area contributed by atoms with E-state index in [0.29, 0.717) is 22.4 Å². The van der Waals surface area contributed by atoms with Gasteiger partial charge in [0.2, 0.25) is 0 Å². The number of hydrogen-bond acceptors (Lipinski definition) is 3. The van der Waals surface area contributed by atoms with Crippen molar-refractivity contribution in [2.24, 2.45) is 4.99 Å². The van der Waals surface area contributed by atoms with Crippen LogP contribution >= 0.6 is 23.8 Å². The van der Waals surface area contributed by atoms with Gasteiger partial charge < -0.3 is 15.5 Å². The van der Waals surface area contributed by atoms with Crippen molar-refractivity contribution < 1.29 is 4.39 Å². The van der Waals surface area contributed by atoms with Gasteiger partial charge in [-0.05, 0) is 55.0 Å². The van der Waals surface area contributed by atoms with Gasteiger partial charge in [-0.15, -0.1) is 0 Å². The summed E-state index contributed by atoms with van der Waals surface area (Å²) < 4.78 is 14.2. The van der Waals surface area contributed by atoms with Gasteiger partial charge in [0.25, 0.3) is 0 Å². The Hall–Kier alpha value is -2.96. The number of aryl methyl sites for hydroxylation is 1. The highest BCUT2D eigenvalue weighted by Gasteiger charge is 2.23. The van der Waals surface area contributed by atoms with E-state index in [0.717, 1.165) is 28.1 Å². The number of benzene rings is 3. The SMILES string of the molecule is Cc1ccc(NC(=S)NC2CN(C)c3ccc(Cl)cc3C(c3ccccc3)=N2)c(F)c1. The number of anilines is 2. The number of hydrogen-bond donors (Lipinski definition) is 2. The second-order valence-electron chi connectivity index (χ2n) is 7.48. The average Bonchev–Trinajstić information content (AvgIpc) is 2.87. The topological polar surface area (TPSA) is 39.7 Å². The molecule has 1 aliphatic heterocycles. The van der Waals surface area contributed by atoms with Crippen LogP contribution in [0.2, 0.25) is 5.02 Å². The van der Waals surface area contributed by atoms with Crippen LogP contribution in [0.4, 0.5) is 15.8 Å². The lowest BCUT2D eigenvalue weighted by Gasteiger charge is -2.24. The van der Waals surface area contributed by atoms with E-state index >= 15 is 0 Å². The Morgan fingerprint density at radius 1 is 1.13 bits per heavy atom. The van der Waals surface area contributed by atoms with Crippen molar-refractivity contribution in [2.75, 3.05) is 23.8 Å². The first-order valence-electron chi connectivity index (χ1n) is 9.88. The largest absolute Gasteiger partial charge is 0.370 e. The summed E-state index contributed by atoms with van der Waals surface area (Å²) in [6, 6.07) is 20.7. The maximum absolute atomic E-state index is 14.2. The first-order valence-corrected chi connectivity index (χ1v) is 10.7. The molecule has 0 saturated carbocycles. The van der Waals surface area contributed by atoms with Crippen LogP contribution in [-0.2, 0) is 0 Å². The number of rotatable bonds is 3. The molecule has 0 aromatic heterocycles. The van der Waals surface area contributed by atoms with Crippen molar-refractivity contribution in [3.05, 3.63) is 94.3 Å². The summed E-state index contributed by atoms with van der Waals surface area (Å²) >= 11 is 11.8. The zero-order valence-corrected chi connectivity index (χ0v) is 18.8. The Morgan fingerprint density at radius 2 is 1.90 bits per heavy atom. The van der Waals surface area contributed by atoms with Crippen LogP contribution in [0.3, 0.4) is 0 Å². The van der Waals surface area contributed by atoms with Crippen molar-refractivity contribution in [3.8, 4) is 0 Å². The lowest BCUT2D eigenvalue weighted by Crippen LogP contribution is -2.43. The molecule has 0 radical (unpaired) electrons. The Morgan fingerprint density at radius 3 is 2.65 bits per heavy atom. The first-order chi connectivity index (χ1) is 14.9. The molecule has 2 N–H and O–H groups in total. The molecule has 31 heavy (non-hydrogen) atoms. The fourth-order valence-corrected chi connectivity index (χ4v) is 4.01. The molecule has 0 spiro atoms. The molecule has 1 atom stereocenters. The maximum atomic E-state index is 14.2. The number of halogens is 2. The second kappa shape index (κ2) is 9.04. The molecule has 4 nitrogen and oxygen atoms in total. The normalized spacial score (nSPS) is 15.5. The van der Waals surface area contributed by atoms with E-state index in [1.54, 1.807) is 6.07 Å². The second-order valence-corrected chi connectivity index (χ2v) is 8.33. The standard InChI is InChI=1S/C24H22ClFN4S/c1-15-8-10-20(19(26)12-15)27-24(31)29-22-14-30(2)21-11-9-17(25)13-18(21)23(28-22)16-6-4-3-5-7-16/h3-13,22H,14H2,1-2H3,(H2,27,29,31). The van der Waals surface area contributed by atoms with Crippen LogP contribution in [0.15, 0.2) is 71.7 Å². The van der Waals surface area contributed by atoms with Gasteiger partial charge in [0.15, 0.2) is 5.11 Å². The summed E-state index contributed by atoms with van der Waals surface area (Å²) in [5, 5.41) is 7.12. The van der Waals surface area contributed by atoms with Gasteiger partial charge in [-0.3, -0.25) is 4.99 Å². The Balaban J connectivity index is 1.65. The highest BCUT2D eigenvalue weighted by molar-refractivity contribution is 7.80. The van der Waals surface area contributed by atoms with E-state index in [2.05, 4.69) is 15.5 Å². The summed E-state index contributed by atoms with van der Waals surface area (Å²) in [6.45, 7) is 2.41. The van der Waals surface area contributed by atoms with Crippen molar-refractivity contribution >= 4 is 46.0 Å². The Kier molecular flexibility index (Phi) is 6.20. The monoisotopic (exact) mass is 452 g/mol. The highest BCUT2D eigenvalue weighted by atomic mass is 35.5. The Bertz CT molecular complexity index is 1150. The van der Waals surface area contributed by atoms with E-state index in [9.17, 15) is 4.39 Å². The third-order valence-corrected chi connectivity index (χ3v) is 5.53. The third-order valence-electron chi connectivity index (χ3n) is 5.07. The molecule has 0 aliphatic carbocycles. The van der Waals surface area contributed by atoms with Gasteiger partial charge in [-0.1, -0.05) is 48.0 Å². The summed E-state index contributed by atoms with van der Waals surface area (Å²) in [5.41, 5.74) is 4.96.